The Bertz CT molecular complexity index is 897. The molecular weight excluding hydrogens is 382 g/mol. The summed E-state index contributed by atoms with van der Waals surface area (Å²) < 4.78 is 10.5. The van der Waals surface area contributed by atoms with Gasteiger partial charge in [0.1, 0.15) is 0 Å². The first-order valence-electron chi connectivity index (χ1n) is 11.1. The maximum absolute atomic E-state index is 5.82. The van der Waals surface area contributed by atoms with Crippen LogP contribution in [0.15, 0.2) is 11.2 Å². The van der Waals surface area contributed by atoms with Crippen molar-refractivity contribution in [3.05, 3.63) is 33.6 Å². The molecule has 6 nitrogen and oxygen atoms in total. The van der Waals surface area contributed by atoms with Gasteiger partial charge in [-0.05, 0) is 57.3 Å². The van der Waals surface area contributed by atoms with E-state index in [2.05, 4.69) is 34.7 Å². The predicted molar refractivity (Wildman–Crippen MR) is 118 cm³/mol. The topological polar surface area (TPSA) is 60.1 Å². The first-order valence-corrected chi connectivity index (χ1v) is 11.5. The second-order valence-corrected chi connectivity index (χ2v) is 9.00. The van der Waals surface area contributed by atoms with Crippen LogP contribution in [0.3, 0.4) is 0 Å². The molecule has 3 heterocycles. The summed E-state index contributed by atoms with van der Waals surface area (Å²) in [4.78, 5) is 0. The second-order valence-electron chi connectivity index (χ2n) is 8.62. The lowest BCUT2D eigenvalue weighted by atomic mass is 9.86. The van der Waals surface area contributed by atoms with Gasteiger partial charge in [0.15, 0.2) is 5.82 Å². The summed E-state index contributed by atoms with van der Waals surface area (Å²) >= 11 is 5.43. The Kier molecular flexibility index (Phi) is 6.65. The number of H-pyrrole nitrogens is 1. The molecule has 2 aromatic heterocycles. The third-order valence-electron chi connectivity index (χ3n) is 6.55. The van der Waals surface area contributed by atoms with E-state index >= 15 is 0 Å². The van der Waals surface area contributed by atoms with Crippen molar-refractivity contribution in [3.63, 3.8) is 0 Å². The molecule has 1 saturated heterocycles. The smallest absolute Gasteiger partial charge is 0.216 e. The molecule has 1 aliphatic carbocycles. The molecule has 7 heteroatoms. The Morgan fingerprint density at radius 1 is 1.24 bits per heavy atom. The summed E-state index contributed by atoms with van der Waals surface area (Å²) in [6.45, 7) is 6.12. The molecule has 29 heavy (non-hydrogen) atoms. The van der Waals surface area contributed by atoms with Gasteiger partial charge in [0.2, 0.25) is 4.77 Å². The van der Waals surface area contributed by atoms with Crippen molar-refractivity contribution >= 4 is 18.4 Å². The van der Waals surface area contributed by atoms with Crippen molar-refractivity contribution in [2.45, 2.75) is 84.3 Å². The van der Waals surface area contributed by atoms with Gasteiger partial charge in [0.05, 0.1) is 12.3 Å². The minimum absolute atomic E-state index is 0.332. The minimum atomic E-state index is 0.332. The highest BCUT2D eigenvalue weighted by molar-refractivity contribution is 7.71. The minimum Gasteiger partial charge on any atom is -0.376 e. The van der Waals surface area contributed by atoms with Crippen molar-refractivity contribution < 1.29 is 4.74 Å². The molecule has 4 rings (SSSR count). The summed E-state index contributed by atoms with van der Waals surface area (Å²) in [5.74, 6) is 1.76. The molecule has 0 amide bonds. The molecule has 1 atom stereocenters. The lowest BCUT2D eigenvalue weighted by Gasteiger charge is -2.20. The van der Waals surface area contributed by atoms with Crippen LogP contribution in [-0.4, -0.2) is 38.4 Å². The molecule has 2 aliphatic rings. The Balaban J connectivity index is 1.46. The maximum Gasteiger partial charge on any atom is 0.216 e. The van der Waals surface area contributed by atoms with E-state index in [0.717, 1.165) is 43.3 Å². The normalized spacial score (nSPS) is 20.8. The van der Waals surface area contributed by atoms with Gasteiger partial charge in [0.25, 0.3) is 0 Å². The first-order chi connectivity index (χ1) is 14.1. The molecule has 0 bridgehead atoms. The summed E-state index contributed by atoms with van der Waals surface area (Å²) in [6, 6.07) is 2.19. The van der Waals surface area contributed by atoms with Crippen LogP contribution in [0.5, 0.6) is 0 Å². The van der Waals surface area contributed by atoms with E-state index in [9.17, 15) is 0 Å². The second kappa shape index (κ2) is 9.39. The molecule has 158 valence electrons. The first kappa shape index (κ1) is 20.5. The molecule has 0 radical (unpaired) electrons. The van der Waals surface area contributed by atoms with Gasteiger partial charge in [-0.1, -0.05) is 32.1 Å². The van der Waals surface area contributed by atoms with E-state index in [0.29, 0.717) is 10.9 Å². The lowest BCUT2D eigenvalue weighted by molar-refractivity contribution is 0.0962. The van der Waals surface area contributed by atoms with E-state index in [-0.39, 0.29) is 0 Å². The Labute approximate surface area is 178 Å². The molecule has 2 fully saturated rings. The molecule has 0 spiro atoms. The largest absolute Gasteiger partial charge is 0.376 e. The van der Waals surface area contributed by atoms with E-state index in [1.165, 1.54) is 56.3 Å². The Hall–Kier alpha value is -1.73. The van der Waals surface area contributed by atoms with Gasteiger partial charge in [-0.3, -0.25) is 5.10 Å². The number of rotatable bonds is 7. The zero-order valence-corrected chi connectivity index (χ0v) is 18.5. The number of aryl methyl sites for hydroxylation is 2. The number of nitrogens with zero attached hydrogens (tertiary/aromatic N) is 4. The lowest BCUT2D eigenvalue weighted by Crippen LogP contribution is -2.16. The van der Waals surface area contributed by atoms with Crippen LogP contribution in [0.25, 0.3) is 0 Å². The van der Waals surface area contributed by atoms with Crippen molar-refractivity contribution in [3.8, 4) is 0 Å². The number of nitrogens with one attached hydrogen (secondary N) is 1. The standard InChI is InChI=1S/C22H33N5OS/c1-16-13-19(17(2)26(16)15-20-9-6-12-28-20)14-23-27-21(24-25-22(27)29)11-10-18-7-4-3-5-8-18/h13-14,18,20H,3-12,15H2,1-2H3,(H,25,29)/b23-14-/t20-/m0/s1. The Morgan fingerprint density at radius 2 is 2.07 bits per heavy atom. The van der Waals surface area contributed by atoms with Crippen molar-refractivity contribution in [2.24, 2.45) is 11.0 Å². The van der Waals surface area contributed by atoms with Gasteiger partial charge in [-0.2, -0.15) is 14.9 Å². The number of aromatic amines is 1. The maximum atomic E-state index is 5.82. The molecule has 0 unspecified atom stereocenters. The van der Waals surface area contributed by atoms with Crippen LogP contribution in [0.2, 0.25) is 0 Å². The summed E-state index contributed by atoms with van der Waals surface area (Å²) in [5, 5.41) is 12.1. The van der Waals surface area contributed by atoms with Crippen LogP contribution in [0, 0.1) is 24.5 Å². The van der Waals surface area contributed by atoms with Crippen LogP contribution in [0.4, 0.5) is 0 Å². The molecule has 1 saturated carbocycles. The van der Waals surface area contributed by atoms with Crippen LogP contribution < -0.4 is 0 Å². The van der Waals surface area contributed by atoms with Crippen LogP contribution in [0.1, 0.15) is 74.1 Å². The average Bonchev–Trinajstić information content (AvgIpc) is 3.43. The average molecular weight is 416 g/mol. The van der Waals surface area contributed by atoms with Gasteiger partial charge in [0, 0.05) is 36.5 Å². The van der Waals surface area contributed by atoms with E-state index < -0.39 is 0 Å². The molecule has 0 aromatic carbocycles. The fourth-order valence-corrected chi connectivity index (χ4v) is 4.96. The van der Waals surface area contributed by atoms with Crippen molar-refractivity contribution in [1.82, 2.24) is 19.4 Å². The Morgan fingerprint density at radius 3 is 2.83 bits per heavy atom. The predicted octanol–water partition coefficient (Wildman–Crippen LogP) is 4.93. The summed E-state index contributed by atoms with van der Waals surface area (Å²) in [7, 11) is 0. The van der Waals surface area contributed by atoms with E-state index in [1.807, 2.05) is 6.21 Å². The van der Waals surface area contributed by atoms with E-state index in [1.54, 1.807) is 4.68 Å². The molecule has 2 aromatic rings. The number of ether oxygens (including phenoxy) is 1. The number of aromatic nitrogens is 4. The van der Waals surface area contributed by atoms with Gasteiger partial charge in [-0.15, -0.1) is 0 Å². The molecule has 1 aliphatic heterocycles. The fraction of sp³-hybridized carbons (Fsp3) is 0.682. The summed E-state index contributed by atoms with van der Waals surface area (Å²) in [5.41, 5.74) is 3.59. The SMILES string of the molecule is Cc1cc(/C=N\n2c(CCC3CCCCC3)n[nH]c2=S)c(C)n1C[C@@H]1CCCO1. The highest BCUT2D eigenvalue weighted by atomic mass is 32.1. The van der Waals surface area contributed by atoms with Crippen molar-refractivity contribution in [1.29, 1.82) is 0 Å². The number of hydrogen-bond donors (Lipinski definition) is 1. The monoisotopic (exact) mass is 415 g/mol. The third kappa shape index (κ3) is 4.89. The highest BCUT2D eigenvalue weighted by Crippen LogP contribution is 2.27. The van der Waals surface area contributed by atoms with Crippen LogP contribution in [-0.2, 0) is 17.7 Å². The summed E-state index contributed by atoms with van der Waals surface area (Å²) in [6.07, 6.45) is 13.5. The zero-order valence-electron chi connectivity index (χ0n) is 17.7. The zero-order chi connectivity index (χ0) is 20.2. The number of hydrogen-bond acceptors (Lipinski definition) is 4. The highest BCUT2D eigenvalue weighted by Gasteiger charge is 2.19. The van der Waals surface area contributed by atoms with Gasteiger partial charge < -0.3 is 9.30 Å². The van der Waals surface area contributed by atoms with Gasteiger partial charge >= 0.3 is 0 Å². The quantitative estimate of drug-likeness (QED) is 0.515. The van der Waals surface area contributed by atoms with Crippen molar-refractivity contribution in [2.75, 3.05) is 6.61 Å². The molecule has 1 N–H and O–H groups in total. The third-order valence-corrected chi connectivity index (χ3v) is 6.82. The van der Waals surface area contributed by atoms with Crippen LogP contribution >= 0.6 is 12.2 Å². The van der Waals surface area contributed by atoms with Gasteiger partial charge in [-0.25, -0.2) is 0 Å². The van der Waals surface area contributed by atoms with E-state index in [4.69, 9.17) is 22.1 Å². The molecular formula is C22H33N5OS. The fourth-order valence-electron chi connectivity index (χ4n) is 4.77.